The van der Waals surface area contributed by atoms with Crippen molar-refractivity contribution < 1.29 is 23.1 Å². The molecule has 0 unspecified atom stereocenters. The van der Waals surface area contributed by atoms with Crippen LogP contribution >= 0.6 is 11.6 Å². The molecular weight excluding hydrogens is 454 g/mol. The van der Waals surface area contributed by atoms with Crippen LogP contribution in [0.15, 0.2) is 88.9 Å². The van der Waals surface area contributed by atoms with E-state index in [0.29, 0.717) is 5.02 Å². The van der Waals surface area contributed by atoms with E-state index in [2.05, 4.69) is 10.5 Å². The van der Waals surface area contributed by atoms with Gasteiger partial charge in [0, 0.05) is 10.6 Å². The molecule has 3 aromatic carbocycles. The molecule has 0 fully saturated rings. The Morgan fingerprint density at radius 1 is 1.00 bits per heavy atom. The second kappa shape index (κ2) is 10.1. The van der Waals surface area contributed by atoms with E-state index < -0.39 is 28.4 Å². The molecule has 0 bridgehead atoms. The van der Waals surface area contributed by atoms with E-state index in [1.165, 1.54) is 42.6 Å². The van der Waals surface area contributed by atoms with E-state index in [1.54, 1.807) is 42.5 Å². The van der Waals surface area contributed by atoms with Gasteiger partial charge in [-0.25, -0.2) is 18.6 Å². The number of nitrogens with one attached hydrogen (secondary N) is 1. The Hall–Kier alpha value is -3.69. The van der Waals surface area contributed by atoms with Crippen molar-refractivity contribution in [2.75, 3.05) is 10.8 Å². The maximum absolute atomic E-state index is 13.2. The number of carbonyl (C=O) groups is 2. The van der Waals surface area contributed by atoms with Crippen LogP contribution in [0, 0.1) is 0 Å². The highest BCUT2D eigenvalue weighted by Crippen LogP contribution is 2.25. The zero-order valence-electron chi connectivity index (χ0n) is 16.6. The molecular formula is C22H18ClN3O5S. The van der Waals surface area contributed by atoms with E-state index >= 15 is 0 Å². The summed E-state index contributed by atoms with van der Waals surface area (Å²) in [7, 11) is -4.08. The van der Waals surface area contributed by atoms with Gasteiger partial charge in [0.1, 0.15) is 6.54 Å². The van der Waals surface area contributed by atoms with E-state index in [4.69, 9.17) is 11.6 Å². The van der Waals surface area contributed by atoms with E-state index in [9.17, 15) is 23.1 Å². The number of rotatable bonds is 8. The van der Waals surface area contributed by atoms with Gasteiger partial charge in [0.25, 0.3) is 15.9 Å². The Morgan fingerprint density at radius 2 is 1.69 bits per heavy atom. The van der Waals surface area contributed by atoms with Crippen LogP contribution in [0.1, 0.15) is 15.9 Å². The molecule has 0 saturated heterocycles. The lowest BCUT2D eigenvalue weighted by atomic mass is 10.1. The molecule has 0 aromatic heterocycles. The predicted octanol–water partition coefficient (Wildman–Crippen LogP) is 3.38. The number of carboxylic acids is 1. The second-order valence-electron chi connectivity index (χ2n) is 6.49. The van der Waals surface area contributed by atoms with E-state index in [-0.39, 0.29) is 21.7 Å². The zero-order valence-corrected chi connectivity index (χ0v) is 18.1. The molecule has 0 heterocycles. The Morgan fingerprint density at radius 3 is 2.38 bits per heavy atom. The maximum atomic E-state index is 13.2. The minimum Gasteiger partial charge on any atom is -0.478 e. The average molecular weight is 472 g/mol. The van der Waals surface area contributed by atoms with Crippen molar-refractivity contribution in [2.45, 2.75) is 4.90 Å². The first kappa shape index (κ1) is 23.0. The molecule has 10 heteroatoms. The number of benzene rings is 3. The predicted molar refractivity (Wildman–Crippen MR) is 122 cm³/mol. The third-order valence-corrected chi connectivity index (χ3v) is 6.32. The Bertz CT molecular complexity index is 1260. The normalized spacial score (nSPS) is 11.3. The lowest BCUT2D eigenvalue weighted by Gasteiger charge is -2.23. The standard InChI is InChI=1S/C22H18ClN3O5S/c23-17-8-6-9-18(13-17)26(32(30,31)19-10-2-1-3-11-19)15-21(27)25-24-14-16-7-4-5-12-20(16)22(28)29/h1-14H,15H2,(H,25,27)(H,28,29)/b24-14-. The highest BCUT2D eigenvalue weighted by Gasteiger charge is 2.27. The van der Waals surface area contributed by atoms with E-state index in [1.807, 2.05) is 0 Å². The molecule has 0 aliphatic heterocycles. The van der Waals surface area contributed by atoms with Crippen molar-refractivity contribution in [2.24, 2.45) is 5.10 Å². The number of aromatic carboxylic acids is 1. The SMILES string of the molecule is O=C(CN(c1cccc(Cl)c1)S(=O)(=O)c1ccccc1)N/N=C\c1ccccc1C(=O)O. The number of hydrogen-bond acceptors (Lipinski definition) is 5. The molecule has 0 spiro atoms. The largest absolute Gasteiger partial charge is 0.478 e. The number of anilines is 1. The number of nitrogens with zero attached hydrogens (tertiary/aromatic N) is 2. The van der Waals surface area contributed by atoms with Gasteiger partial charge in [-0.3, -0.25) is 9.10 Å². The van der Waals surface area contributed by atoms with Crippen molar-refractivity contribution in [1.29, 1.82) is 0 Å². The van der Waals surface area contributed by atoms with Gasteiger partial charge < -0.3 is 5.11 Å². The molecule has 1 amide bonds. The van der Waals surface area contributed by atoms with Crippen molar-refractivity contribution in [1.82, 2.24) is 5.43 Å². The van der Waals surface area contributed by atoms with Crippen LogP contribution in [-0.2, 0) is 14.8 Å². The minimum absolute atomic E-state index is 0.00617. The Balaban J connectivity index is 1.84. The van der Waals surface area contributed by atoms with Crippen LogP contribution in [0.25, 0.3) is 0 Å². The summed E-state index contributed by atoms with van der Waals surface area (Å²) >= 11 is 6.02. The molecule has 0 atom stereocenters. The first-order chi connectivity index (χ1) is 15.3. The number of amides is 1. The van der Waals surface area contributed by atoms with Crippen LogP contribution in [0.3, 0.4) is 0 Å². The van der Waals surface area contributed by atoms with Gasteiger partial charge in [-0.1, -0.05) is 54.1 Å². The number of hydrazone groups is 1. The first-order valence-corrected chi connectivity index (χ1v) is 11.1. The van der Waals surface area contributed by atoms with Crippen LogP contribution in [-0.4, -0.2) is 38.2 Å². The molecule has 8 nitrogen and oxygen atoms in total. The molecule has 0 saturated carbocycles. The highest BCUT2D eigenvalue weighted by molar-refractivity contribution is 7.92. The van der Waals surface area contributed by atoms with Crippen molar-refractivity contribution in [3.05, 3.63) is 95.0 Å². The number of sulfonamides is 1. The lowest BCUT2D eigenvalue weighted by molar-refractivity contribution is -0.119. The van der Waals surface area contributed by atoms with Gasteiger partial charge in [-0.05, 0) is 36.4 Å². The third-order valence-electron chi connectivity index (χ3n) is 4.30. The number of carbonyl (C=O) groups excluding carboxylic acids is 1. The summed E-state index contributed by atoms with van der Waals surface area (Å²) in [6.45, 7) is -0.574. The van der Waals surface area contributed by atoms with Gasteiger partial charge in [0.05, 0.1) is 22.4 Å². The number of hydrogen-bond donors (Lipinski definition) is 2. The quantitative estimate of drug-likeness (QED) is 0.386. The fraction of sp³-hybridized carbons (Fsp3) is 0.0455. The first-order valence-electron chi connectivity index (χ1n) is 9.26. The summed E-state index contributed by atoms with van der Waals surface area (Å²) in [4.78, 5) is 23.8. The topological polar surface area (TPSA) is 116 Å². The third kappa shape index (κ3) is 5.51. The summed E-state index contributed by atoms with van der Waals surface area (Å²) < 4.78 is 27.3. The molecule has 164 valence electrons. The van der Waals surface area contributed by atoms with Crippen LogP contribution < -0.4 is 9.73 Å². The number of carboxylic acid groups (broad SMARTS) is 1. The Labute approximate surface area is 189 Å². The van der Waals surface area contributed by atoms with Gasteiger partial charge in [-0.2, -0.15) is 5.10 Å². The van der Waals surface area contributed by atoms with Crippen LogP contribution in [0.4, 0.5) is 5.69 Å². The van der Waals surface area contributed by atoms with E-state index in [0.717, 1.165) is 4.31 Å². The zero-order chi connectivity index (χ0) is 23.1. The fourth-order valence-corrected chi connectivity index (χ4v) is 4.43. The lowest BCUT2D eigenvalue weighted by Crippen LogP contribution is -2.39. The van der Waals surface area contributed by atoms with Crippen molar-refractivity contribution in [3.8, 4) is 0 Å². The summed E-state index contributed by atoms with van der Waals surface area (Å²) in [5.74, 6) is -1.87. The van der Waals surface area contributed by atoms with Crippen molar-refractivity contribution >= 4 is 45.4 Å². The molecule has 3 rings (SSSR count). The average Bonchev–Trinajstić information content (AvgIpc) is 2.78. The Kier molecular flexibility index (Phi) is 7.24. The van der Waals surface area contributed by atoms with Gasteiger partial charge in [0.2, 0.25) is 0 Å². The molecule has 32 heavy (non-hydrogen) atoms. The molecule has 0 radical (unpaired) electrons. The van der Waals surface area contributed by atoms with Gasteiger partial charge >= 0.3 is 5.97 Å². The minimum atomic E-state index is -4.08. The van der Waals surface area contributed by atoms with Crippen LogP contribution in [0.2, 0.25) is 5.02 Å². The number of halogens is 1. The van der Waals surface area contributed by atoms with Gasteiger partial charge in [-0.15, -0.1) is 0 Å². The summed E-state index contributed by atoms with van der Waals surface area (Å²) in [5, 5.41) is 13.3. The molecule has 0 aliphatic carbocycles. The van der Waals surface area contributed by atoms with Crippen molar-refractivity contribution in [3.63, 3.8) is 0 Å². The summed E-state index contributed by atoms with van der Waals surface area (Å²) in [6.07, 6.45) is 1.18. The molecule has 3 aromatic rings. The highest BCUT2D eigenvalue weighted by atomic mass is 35.5. The fourth-order valence-electron chi connectivity index (χ4n) is 2.81. The monoisotopic (exact) mass is 471 g/mol. The summed E-state index contributed by atoms with van der Waals surface area (Å²) in [6, 6.07) is 19.9. The summed E-state index contributed by atoms with van der Waals surface area (Å²) in [5.41, 5.74) is 2.73. The molecule has 0 aliphatic rings. The maximum Gasteiger partial charge on any atom is 0.336 e. The second-order valence-corrected chi connectivity index (χ2v) is 8.79. The molecule has 2 N–H and O–H groups in total. The van der Waals surface area contributed by atoms with Gasteiger partial charge in [0.15, 0.2) is 0 Å². The van der Waals surface area contributed by atoms with Crippen LogP contribution in [0.5, 0.6) is 0 Å². The smallest absolute Gasteiger partial charge is 0.336 e.